The van der Waals surface area contributed by atoms with Crippen molar-refractivity contribution in [3.8, 4) is 0 Å². The smallest absolute Gasteiger partial charge is 0.264 e. The standard InChI is InChI=1S/C12H9Br2FN2O2S/c1-7-4-9(6-16-12(7)14)17-20(18,19)11-3-2-8(13)5-10(11)15/h2-6,17H,1H3. The lowest BCUT2D eigenvalue weighted by molar-refractivity contribution is 0.570. The number of hydrogen-bond acceptors (Lipinski definition) is 3. The molecule has 8 heteroatoms. The molecule has 0 spiro atoms. The van der Waals surface area contributed by atoms with Gasteiger partial charge in [0.05, 0.1) is 11.9 Å². The van der Waals surface area contributed by atoms with E-state index in [-0.39, 0.29) is 5.69 Å². The van der Waals surface area contributed by atoms with E-state index in [2.05, 4.69) is 41.6 Å². The maximum Gasteiger partial charge on any atom is 0.264 e. The number of aryl methyl sites for hydroxylation is 1. The van der Waals surface area contributed by atoms with Crippen LogP contribution in [-0.4, -0.2) is 13.4 Å². The molecule has 1 heterocycles. The van der Waals surface area contributed by atoms with Gasteiger partial charge >= 0.3 is 0 Å². The molecule has 0 unspecified atom stereocenters. The van der Waals surface area contributed by atoms with E-state index >= 15 is 0 Å². The van der Waals surface area contributed by atoms with Gasteiger partial charge in [-0.1, -0.05) is 15.9 Å². The number of aromatic nitrogens is 1. The molecule has 0 amide bonds. The average molecular weight is 424 g/mol. The first-order valence-corrected chi connectivity index (χ1v) is 8.46. The van der Waals surface area contributed by atoms with Crippen molar-refractivity contribution in [2.45, 2.75) is 11.8 Å². The van der Waals surface area contributed by atoms with Gasteiger partial charge in [-0.25, -0.2) is 17.8 Å². The molecule has 2 rings (SSSR count). The van der Waals surface area contributed by atoms with Crippen LogP contribution in [0.3, 0.4) is 0 Å². The van der Waals surface area contributed by atoms with Crippen LogP contribution in [0.25, 0.3) is 0 Å². The highest BCUT2D eigenvalue weighted by molar-refractivity contribution is 9.10. The molecular formula is C12H9Br2FN2O2S. The number of benzene rings is 1. The summed E-state index contributed by atoms with van der Waals surface area (Å²) in [6, 6.07) is 5.36. The number of nitrogens with zero attached hydrogens (tertiary/aromatic N) is 1. The van der Waals surface area contributed by atoms with E-state index in [0.29, 0.717) is 9.08 Å². The summed E-state index contributed by atoms with van der Waals surface area (Å²) in [4.78, 5) is 3.57. The molecule has 106 valence electrons. The maximum absolute atomic E-state index is 13.7. The maximum atomic E-state index is 13.7. The molecule has 0 atom stereocenters. The van der Waals surface area contributed by atoms with Crippen molar-refractivity contribution in [3.63, 3.8) is 0 Å². The van der Waals surface area contributed by atoms with Gasteiger partial charge in [0.25, 0.3) is 10.0 Å². The number of rotatable bonds is 3. The van der Waals surface area contributed by atoms with Crippen molar-refractivity contribution in [1.82, 2.24) is 4.98 Å². The van der Waals surface area contributed by atoms with Crippen LogP contribution in [0.15, 0.2) is 44.4 Å². The summed E-state index contributed by atoms with van der Waals surface area (Å²) in [6.45, 7) is 1.77. The molecule has 0 aliphatic heterocycles. The Labute approximate surface area is 132 Å². The van der Waals surface area contributed by atoms with Gasteiger partial charge < -0.3 is 0 Å². The van der Waals surface area contributed by atoms with E-state index in [1.165, 1.54) is 18.3 Å². The van der Waals surface area contributed by atoms with Crippen molar-refractivity contribution in [2.24, 2.45) is 0 Å². The molecule has 1 aromatic carbocycles. The quantitative estimate of drug-likeness (QED) is 0.762. The Morgan fingerprint density at radius 1 is 1.25 bits per heavy atom. The summed E-state index contributed by atoms with van der Waals surface area (Å²) in [5, 5.41) is 0. The highest BCUT2D eigenvalue weighted by Gasteiger charge is 2.19. The molecule has 2 aromatic rings. The molecule has 0 fully saturated rings. The first kappa shape index (κ1) is 15.4. The Morgan fingerprint density at radius 2 is 1.95 bits per heavy atom. The Balaban J connectivity index is 2.38. The van der Waals surface area contributed by atoms with E-state index in [9.17, 15) is 12.8 Å². The number of halogens is 3. The minimum atomic E-state index is -3.99. The first-order valence-electron chi connectivity index (χ1n) is 5.39. The van der Waals surface area contributed by atoms with Gasteiger partial charge in [0.1, 0.15) is 15.3 Å². The summed E-state index contributed by atoms with van der Waals surface area (Å²) in [6.07, 6.45) is 1.35. The largest absolute Gasteiger partial charge is 0.278 e. The molecule has 0 radical (unpaired) electrons. The molecule has 1 N–H and O–H groups in total. The zero-order valence-corrected chi connectivity index (χ0v) is 14.2. The van der Waals surface area contributed by atoms with Crippen LogP contribution in [0.1, 0.15) is 5.56 Å². The first-order chi connectivity index (χ1) is 9.29. The van der Waals surface area contributed by atoms with Crippen LogP contribution >= 0.6 is 31.9 Å². The lowest BCUT2D eigenvalue weighted by Gasteiger charge is -2.09. The normalized spacial score (nSPS) is 11.4. The molecule has 0 aliphatic carbocycles. The predicted octanol–water partition coefficient (Wildman–Crippen LogP) is 3.85. The van der Waals surface area contributed by atoms with Crippen LogP contribution in [0.5, 0.6) is 0 Å². The summed E-state index contributed by atoms with van der Waals surface area (Å²) in [5.74, 6) is -0.825. The molecule has 4 nitrogen and oxygen atoms in total. The van der Waals surface area contributed by atoms with Gasteiger partial charge in [0, 0.05) is 4.47 Å². The van der Waals surface area contributed by atoms with E-state index in [4.69, 9.17) is 0 Å². The third-order valence-electron chi connectivity index (χ3n) is 2.45. The van der Waals surface area contributed by atoms with Crippen molar-refractivity contribution in [1.29, 1.82) is 0 Å². The van der Waals surface area contributed by atoms with Crippen LogP contribution in [0.4, 0.5) is 10.1 Å². The third kappa shape index (κ3) is 3.36. The third-order valence-corrected chi connectivity index (χ3v) is 5.19. The van der Waals surface area contributed by atoms with Crippen LogP contribution in [0, 0.1) is 12.7 Å². The zero-order valence-electron chi connectivity index (χ0n) is 10.2. The van der Waals surface area contributed by atoms with E-state index in [0.717, 1.165) is 11.6 Å². The van der Waals surface area contributed by atoms with Crippen molar-refractivity contribution in [3.05, 3.63) is 50.9 Å². The van der Waals surface area contributed by atoms with Crippen LogP contribution < -0.4 is 4.72 Å². The number of pyridine rings is 1. The van der Waals surface area contributed by atoms with Crippen LogP contribution in [-0.2, 0) is 10.0 Å². The average Bonchev–Trinajstić information content (AvgIpc) is 2.33. The summed E-state index contributed by atoms with van der Waals surface area (Å²) < 4.78 is 41.4. The molecule has 0 saturated carbocycles. The Hall–Kier alpha value is -0.990. The molecule has 0 bridgehead atoms. The second-order valence-electron chi connectivity index (χ2n) is 4.01. The Morgan fingerprint density at radius 3 is 2.55 bits per heavy atom. The van der Waals surface area contributed by atoms with Gasteiger partial charge in [-0.2, -0.15) is 0 Å². The fourth-order valence-electron chi connectivity index (χ4n) is 1.52. The molecular weight excluding hydrogens is 415 g/mol. The van der Waals surface area contributed by atoms with Crippen LogP contribution in [0.2, 0.25) is 0 Å². The van der Waals surface area contributed by atoms with Crippen molar-refractivity contribution in [2.75, 3.05) is 4.72 Å². The van der Waals surface area contributed by atoms with Gasteiger partial charge in [-0.3, -0.25) is 4.72 Å². The number of anilines is 1. The second-order valence-corrected chi connectivity index (χ2v) is 7.33. The number of sulfonamides is 1. The van der Waals surface area contributed by atoms with Gasteiger partial charge in [0.15, 0.2) is 0 Å². The van der Waals surface area contributed by atoms with E-state index in [1.54, 1.807) is 13.0 Å². The monoisotopic (exact) mass is 422 g/mol. The highest BCUT2D eigenvalue weighted by Crippen LogP contribution is 2.23. The lowest BCUT2D eigenvalue weighted by Crippen LogP contribution is -2.15. The lowest BCUT2D eigenvalue weighted by atomic mass is 10.3. The van der Waals surface area contributed by atoms with Gasteiger partial charge in [-0.05, 0) is 52.7 Å². The summed E-state index contributed by atoms with van der Waals surface area (Å²) >= 11 is 6.30. The Bertz CT molecular complexity index is 766. The van der Waals surface area contributed by atoms with Crippen molar-refractivity contribution < 1.29 is 12.8 Å². The van der Waals surface area contributed by atoms with Crippen molar-refractivity contribution >= 4 is 47.6 Å². The molecule has 0 aliphatic rings. The SMILES string of the molecule is Cc1cc(NS(=O)(=O)c2ccc(Br)cc2F)cnc1Br. The predicted molar refractivity (Wildman–Crippen MR) is 81.6 cm³/mol. The van der Waals surface area contributed by atoms with E-state index in [1.807, 2.05) is 0 Å². The summed E-state index contributed by atoms with van der Waals surface area (Å²) in [7, 11) is -3.99. The topological polar surface area (TPSA) is 59.1 Å². The number of nitrogens with one attached hydrogen (secondary N) is 1. The molecule has 0 saturated heterocycles. The minimum Gasteiger partial charge on any atom is -0.278 e. The Kier molecular flexibility index (Phi) is 4.46. The minimum absolute atomic E-state index is 0.271. The molecule has 1 aromatic heterocycles. The zero-order chi connectivity index (χ0) is 14.9. The fourth-order valence-corrected chi connectivity index (χ4v) is 3.16. The second kappa shape index (κ2) is 5.79. The molecule has 20 heavy (non-hydrogen) atoms. The fraction of sp³-hybridized carbons (Fsp3) is 0.0833. The van der Waals surface area contributed by atoms with E-state index < -0.39 is 20.7 Å². The summed E-state index contributed by atoms with van der Waals surface area (Å²) in [5.41, 5.74) is 1.04. The van der Waals surface area contributed by atoms with Gasteiger partial charge in [0.2, 0.25) is 0 Å². The number of hydrogen-bond donors (Lipinski definition) is 1. The van der Waals surface area contributed by atoms with Gasteiger partial charge in [-0.15, -0.1) is 0 Å². The highest BCUT2D eigenvalue weighted by atomic mass is 79.9.